The van der Waals surface area contributed by atoms with E-state index in [1.807, 2.05) is 17.5 Å². The van der Waals surface area contributed by atoms with Crippen LogP contribution in [-0.2, 0) is 0 Å². The van der Waals surface area contributed by atoms with Crippen LogP contribution in [0.3, 0.4) is 0 Å². The molecule has 2 aromatic rings. The van der Waals surface area contributed by atoms with Gasteiger partial charge in [-0.05, 0) is 30.4 Å². The molecule has 2 N–H and O–H groups in total. The Morgan fingerprint density at radius 2 is 2.33 bits per heavy atom. The Morgan fingerprint density at radius 3 is 3.11 bits per heavy atom. The van der Waals surface area contributed by atoms with Gasteiger partial charge in [-0.15, -0.1) is 22.7 Å². The van der Waals surface area contributed by atoms with Crippen molar-refractivity contribution in [1.29, 1.82) is 0 Å². The van der Waals surface area contributed by atoms with E-state index in [-0.39, 0.29) is 24.5 Å². The van der Waals surface area contributed by atoms with Crippen LogP contribution in [0.15, 0.2) is 17.5 Å². The molecule has 0 aliphatic heterocycles. The van der Waals surface area contributed by atoms with E-state index < -0.39 is 0 Å². The summed E-state index contributed by atoms with van der Waals surface area (Å²) in [6, 6.07) is 4.15. The Morgan fingerprint density at radius 1 is 1.44 bits per heavy atom. The van der Waals surface area contributed by atoms with E-state index in [2.05, 4.69) is 5.32 Å². The zero-order chi connectivity index (χ0) is 12.5. The minimum absolute atomic E-state index is 0.00810. The molecule has 3 nitrogen and oxygen atoms in total. The first-order valence-electron chi connectivity index (χ1n) is 6.16. The third-order valence-electron chi connectivity index (χ3n) is 3.57. The number of fused-ring (bicyclic) bond motifs is 1. The molecule has 18 heavy (non-hydrogen) atoms. The summed E-state index contributed by atoms with van der Waals surface area (Å²) in [5.41, 5.74) is 0. The van der Waals surface area contributed by atoms with Gasteiger partial charge in [-0.2, -0.15) is 0 Å². The first-order chi connectivity index (χ1) is 8.78. The summed E-state index contributed by atoms with van der Waals surface area (Å²) in [7, 11) is 0. The second-order valence-electron chi connectivity index (χ2n) is 4.71. The van der Waals surface area contributed by atoms with E-state index >= 15 is 0 Å². The number of aliphatic hydroxyl groups excluding tert-OH is 1. The van der Waals surface area contributed by atoms with Crippen molar-refractivity contribution in [3.63, 3.8) is 0 Å². The van der Waals surface area contributed by atoms with Crippen molar-refractivity contribution in [2.45, 2.75) is 25.3 Å². The van der Waals surface area contributed by atoms with E-state index in [9.17, 15) is 9.90 Å². The number of carbonyl (C=O) groups is 1. The first kappa shape index (κ1) is 12.1. The zero-order valence-electron chi connectivity index (χ0n) is 9.89. The number of hydrogen-bond acceptors (Lipinski definition) is 4. The van der Waals surface area contributed by atoms with Crippen molar-refractivity contribution in [1.82, 2.24) is 5.32 Å². The average Bonchev–Trinajstić information content (AvgIpc) is 3.02. The average molecular weight is 281 g/mol. The van der Waals surface area contributed by atoms with Gasteiger partial charge < -0.3 is 10.4 Å². The van der Waals surface area contributed by atoms with Crippen LogP contribution in [0.25, 0.3) is 9.40 Å². The van der Waals surface area contributed by atoms with Gasteiger partial charge in [0, 0.05) is 28.0 Å². The molecular weight excluding hydrogens is 266 g/mol. The number of thiophene rings is 2. The number of nitrogens with one attached hydrogen (secondary N) is 1. The lowest BCUT2D eigenvalue weighted by Crippen LogP contribution is -2.38. The highest BCUT2D eigenvalue weighted by Gasteiger charge is 2.28. The summed E-state index contributed by atoms with van der Waals surface area (Å²) in [6.07, 6.45) is 3.09. The fraction of sp³-hybridized carbons (Fsp3) is 0.462. The van der Waals surface area contributed by atoms with Crippen molar-refractivity contribution in [2.75, 3.05) is 6.61 Å². The van der Waals surface area contributed by atoms with Crippen LogP contribution in [0.1, 0.15) is 28.9 Å². The molecule has 5 heteroatoms. The predicted molar refractivity (Wildman–Crippen MR) is 75.4 cm³/mol. The zero-order valence-corrected chi connectivity index (χ0v) is 11.5. The van der Waals surface area contributed by atoms with Gasteiger partial charge in [0.2, 0.25) is 0 Å². The Hall–Kier alpha value is -0.910. The van der Waals surface area contributed by atoms with Gasteiger partial charge in [0.1, 0.15) is 0 Å². The molecule has 1 amide bonds. The lowest BCUT2D eigenvalue weighted by molar-refractivity contribution is 0.0920. The highest BCUT2D eigenvalue weighted by Crippen LogP contribution is 2.31. The van der Waals surface area contributed by atoms with E-state index in [4.69, 9.17) is 0 Å². The maximum Gasteiger partial charge on any atom is 0.261 e. The maximum absolute atomic E-state index is 12.2. The third kappa shape index (κ3) is 2.18. The van der Waals surface area contributed by atoms with Crippen LogP contribution in [0.4, 0.5) is 0 Å². The fourth-order valence-electron chi connectivity index (χ4n) is 2.56. The summed E-state index contributed by atoms with van der Waals surface area (Å²) in [6.45, 7) is 0.171. The van der Waals surface area contributed by atoms with Crippen LogP contribution in [0.5, 0.6) is 0 Å². The summed E-state index contributed by atoms with van der Waals surface area (Å²) in [4.78, 5) is 12.9. The lowest BCUT2D eigenvalue weighted by Gasteiger charge is -2.18. The molecule has 1 saturated carbocycles. The Labute approximate surface area is 113 Å². The largest absolute Gasteiger partial charge is 0.396 e. The molecule has 0 aromatic carbocycles. The molecule has 96 valence electrons. The Balaban J connectivity index is 1.73. The van der Waals surface area contributed by atoms with Crippen molar-refractivity contribution in [2.24, 2.45) is 5.92 Å². The lowest BCUT2D eigenvalue weighted by atomic mass is 10.1. The minimum Gasteiger partial charge on any atom is -0.396 e. The number of aliphatic hydroxyl groups is 1. The van der Waals surface area contributed by atoms with Crippen LogP contribution >= 0.6 is 22.7 Å². The molecule has 1 aliphatic rings. The summed E-state index contributed by atoms with van der Waals surface area (Å²) in [5, 5.41) is 14.4. The number of amides is 1. The van der Waals surface area contributed by atoms with E-state index in [0.717, 1.165) is 24.1 Å². The summed E-state index contributed by atoms with van der Waals surface area (Å²) < 4.78 is 2.35. The van der Waals surface area contributed by atoms with Crippen LogP contribution < -0.4 is 5.32 Å². The highest BCUT2D eigenvalue weighted by molar-refractivity contribution is 7.27. The van der Waals surface area contributed by atoms with Gasteiger partial charge in [-0.3, -0.25) is 4.79 Å². The Bertz CT molecular complexity index is 532. The van der Waals surface area contributed by atoms with E-state index in [1.165, 1.54) is 9.40 Å². The molecule has 2 unspecified atom stereocenters. The molecule has 0 spiro atoms. The highest BCUT2D eigenvalue weighted by atomic mass is 32.1. The molecule has 2 atom stereocenters. The summed E-state index contributed by atoms with van der Waals surface area (Å²) >= 11 is 3.20. The smallest absolute Gasteiger partial charge is 0.261 e. The maximum atomic E-state index is 12.2. The topological polar surface area (TPSA) is 49.3 Å². The Kier molecular flexibility index (Phi) is 3.37. The minimum atomic E-state index is 0.00810. The van der Waals surface area contributed by atoms with Gasteiger partial charge in [-0.1, -0.05) is 6.42 Å². The van der Waals surface area contributed by atoms with Gasteiger partial charge in [-0.25, -0.2) is 0 Å². The van der Waals surface area contributed by atoms with Crippen molar-refractivity contribution in [3.8, 4) is 0 Å². The van der Waals surface area contributed by atoms with E-state index in [0.29, 0.717) is 0 Å². The van der Waals surface area contributed by atoms with Crippen LogP contribution in [0, 0.1) is 5.92 Å². The molecule has 0 radical (unpaired) electrons. The predicted octanol–water partition coefficient (Wildman–Crippen LogP) is 2.85. The standard InChI is InChI=1S/C13H15NO2S2/c15-7-8-2-1-3-9(8)14-13(16)12-6-11-10(18-12)4-5-17-11/h4-6,8-9,15H,1-3,7H2,(H,14,16). The van der Waals surface area contributed by atoms with Gasteiger partial charge in [0.05, 0.1) is 4.88 Å². The summed E-state index contributed by atoms with van der Waals surface area (Å²) in [5.74, 6) is 0.240. The van der Waals surface area contributed by atoms with Gasteiger partial charge in [0.15, 0.2) is 0 Å². The SMILES string of the molecule is O=C(NC1CCCC1CO)c1cc2sccc2s1. The quantitative estimate of drug-likeness (QED) is 0.909. The number of carbonyl (C=O) groups excluding carboxylic acids is 1. The molecule has 0 bridgehead atoms. The number of hydrogen-bond donors (Lipinski definition) is 2. The van der Waals surface area contributed by atoms with Crippen LogP contribution in [-0.4, -0.2) is 23.7 Å². The molecule has 1 aliphatic carbocycles. The fourth-order valence-corrected chi connectivity index (χ4v) is 4.57. The van der Waals surface area contributed by atoms with Crippen LogP contribution in [0.2, 0.25) is 0 Å². The van der Waals surface area contributed by atoms with E-state index in [1.54, 1.807) is 22.7 Å². The molecule has 1 fully saturated rings. The molecule has 3 rings (SSSR count). The van der Waals surface area contributed by atoms with Crippen molar-refractivity contribution >= 4 is 38.0 Å². The third-order valence-corrected chi connectivity index (χ3v) is 5.67. The van der Waals surface area contributed by atoms with Gasteiger partial charge in [0.25, 0.3) is 5.91 Å². The second-order valence-corrected chi connectivity index (χ2v) is 6.74. The second kappa shape index (κ2) is 4.99. The monoisotopic (exact) mass is 281 g/mol. The van der Waals surface area contributed by atoms with Gasteiger partial charge >= 0.3 is 0 Å². The molecule has 0 saturated heterocycles. The molecular formula is C13H15NO2S2. The normalized spacial score (nSPS) is 23.6. The van der Waals surface area contributed by atoms with Crippen molar-refractivity contribution < 1.29 is 9.90 Å². The van der Waals surface area contributed by atoms with Crippen molar-refractivity contribution in [3.05, 3.63) is 22.4 Å². The number of rotatable bonds is 3. The first-order valence-corrected chi connectivity index (χ1v) is 7.86. The molecule has 2 aromatic heterocycles. The molecule has 2 heterocycles.